The number of alkyl halides is 1. The van der Waals surface area contributed by atoms with Gasteiger partial charge < -0.3 is 29.5 Å². The molecule has 2 atom stereocenters. The summed E-state index contributed by atoms with van der Waals surface area (Å²) in [6.07, 6.45) is 5.27. The molecule has 5 amide bonds. The predicted molar refractivity (Wildman–Crippen MR) is 241 cm³/mol. The number of piperidine rings is 2. The number of amides is 5. The van der Waals surface area contributed by atoms with Crippen molar-refractivity contribution in [1.29, 1.82) is 0 Å². The number of aryl methyl sites for hydroxylation is 1. The minimum Gasteiger partial charge on any atom is -0.374 e. The number of thiazole rings is 1. The van der Waals surface area contributed by atoms with Crippen LogP contribution < -0.4 is 25.8 Å². The van der Waals surface area contributed by atoms with Crippen molar-refractivity contribution < 1.29 is 37.1 Å². The smallest absolute Gasteiger partial charge is 0.255 e. The molecule has 2 aromatic heterocycles. The summed E-state index contributed by atoms with van der Waals surface area (Å²) in [5.74, 6) is -3.03. The molecule has 5 aliphatic heterocycles. The molecule has 3 aromatic carbocycles. The highest BCUT2D eigenvalue weighted by Crippen LogP contribution is 2.39. The monoisotopic (exact) mass is 920 g/mol. The second-order valence-electron chi connectivity index (χ2n) is 17.6. The molecule has 5 aliphatic rings. The Balaban J connectivity index is 0.735. The molecule has 0 spiro atoms. The molecule has 7 heterocycles. The Bertz CT molecular complexity index is 2720. The van der Waals surface area contributed by atoms with E-state index in [2.05, 4.69) is 30.8 Å². The van der Waals surface area contributed by atoms with Gasteiger partial charge in [-0.2, -0.15) is 0 Å². The fraction of sp³-hybridized carbons (Fsp3) is 0.383. The van der Waals surface area contributed by atoms with Gasteiger partial charge in [0.15, 0.2) is 11.2 Å². The van der Waals surface area contributed by atoms with E-state index in [1.165, 1.54) is 28.4 Å². The zero-order valence-corrected chi connectivity index (χ0v) is 36.7. The van der Waals surface area contributed by atoms with Crippen LogP contribution >= 0.6 is 11.3 Å². The van der Waals surface area contributed by atoms with Crippen LogP contribution in [0.1, 0.15) is 71.9 Å². The van der Waals surface area contributed by atoms with Crippen LogP contribution in [0.5, 0.6) is 0 Å². The summed E-state index contributed by atoms with van der Waals surface area (Å²) < 4.78 is 49.3. The molecule has 10 rings (SSSR count). The number of imide groups is 1. The van der Waals surface area contributed by atoms with Gasteiger partial charge in [-0.05, 0) is 85.7 Å². The van der Waals surface area contributed by atoms with Gasteiger partial charge in [-0.15, -0.1) is 11.3 Å². The van der Waals surface area contributed by atoms with Gasteiger partial charge in [-0.3, -0.25) is 34.6 Å². The summed E-state index contributed by atoms with van der Waals surface area (Å²) in [6.45, 7) is 3.03. The summed E-state index contributed by atoms with van der Waals surface area (Å²) in [5, 5.41) is 10.2. The highest BCUT2D eigenvalue weighted by molar-refractivity contribution is 7.13. The maximum atomic E-state index is 16.1. The highest BCUT2D eigenvalue weighted by Gasteiger charge is 2.43. The van der Waals surface area contributed by atoms with Gasteiger partial charge in [-0.25, -0.2) is 23.1 Å². The van der Waals surface area contributed by atoms with Crippen molar-refractivity contribution in [1.82, 2.24) is 29.7 Å². The van der Waals surface area contributed by atoms with Crippen LogP contribution in [0.3, 0.4) is 0 Å². The Morgan fingerprint density at radius 3 is 2.39 bits per heavy atom. The lowest BCUT2D eigenvalue weighted by atomic mass is 9.89. The lowest BCUT2D eigenvalue weighted by molar-refractivity contribution is -0.135. The van der Waals surface area contributed by atoms with Gasteiger partial charge >= 0.3 is 0 Å². The molecule has 0 radical (unpaired) electrons. The van der Waals surface area contributed by atoms with Crippen molar-refractivity contribution in [3.63, 3.8) is 0 Å². The Labute approximate surface area is 382 Å². The largest absolute Gasteiger partial charge is 0.374 e. The van der Waals surface area contributed by atoms with Crippen LogP contribution in [0.15, 0.2) is 72.5 Å². The maximum absolute atomic E-state index is 16.1. The number of halogens is 3. The van der Waals surface area contributed by atoms with E-state index in [0.29, 0.717) is 72.3 Å². The summed E-state index contributed by atoms with van der Waals surface area (Å²) in [4.78, 5) is 80.7. The average Bonchev–Trinajstić information content (AvgIpc) is 4.13. The fourth-order valence-electron chi connectivity index (χ4n) is 9.84. The zero-order valence-electron chi connectivity index (χ0n) is 35.9. The molecule has 66 heavy (non-hydrogen) atoms. The van der Waals surface area contributed by atoms with Crippen molar-refractivity contribution in [2.45, 2.75) is 75.8 Å². The summed E-state index contributed by atoms with van der Waals surface area (Å²) in [5.41, 5.74) is 2.90. The number of hydrogen-bond acceptors (Lipinski definition) is 11. The van der Waals surface area contributed by atoms with Crippen LogP contribution in [0.25, 0.3) is 11.1 Å². The molecule has 0 bridgehead atoms. The first kappa shape index (κ1) is 43.1. The molecular formula is C47H47F3N10O5S. The number of aromatic nitrogens is 3. The summed E-state index contributed by atoms with van der Waals surface area (Å²) >= 11 is 1.26. The molecule has 5 aromatic rings. The van der Waals surface area contributed by atoms with Gasteiger partial charge in [0, 0.05) is 92.0 Å². The first-order chi connectivity index (χ1) is 31.9. The second-order valence-corrected chi connectivity index (χ2v) is 18.5. The molecule has 3 fully saturated rings. The molecule has 3 saturated heterocycles. The third kappa shape index (κ3) is 8.47. The normalized spacial score (nSPS) is 19.7. The average molecular weight is 921 g/mol. The van der Waals surface area contributed by atoms with E-state index in [0.717, 1.165) is 24.3 Å². The van der Waals surface area contributed by atoms with Gasteiger partial charge in [0.05, 0.1) is 30.7 Å². The van der Waals surface area contributed by atoms with E-state index in [4.69, 9.17) is 0 Å². The molecular weight excluding hydrogens is 874 g/mol. The SMILES string of the molecule is O=C1CCC(Nc2ccc(N3CCC(F)(CC(=O)N4CCN(c5ccc(-c6cc(F)c7c(c6)C(=O)N(C(C(=O)Nc6nccs6)c6ncn8c6CCC8)C7)cc5)CC4)CC3)c(F)c2)C(=O)N1. The molecule has 15 nitrogen and oxygen atoms in total. The Morgan fingerprint density at radius 2 is 1.67 bits per heavy atom. The van der Waals surface area contributed by atoms with Crippen molar-refractivity contribution in [3.8, 4) is 11.1 Å². The van der Waals surface area contributed by atoms with Crippen LogP contribution in [0, 0.1) is 11.6 Å². The quantitative estimate of drug-likeness (QED) is 0.137. The van der Waals surface area contributed by atoms with Crippen LogP contribution in [-0.4, -0.2) is 105 Å². The summed E-state index contributed by atoms with van der Waals surface area (Å²) in [7, 11) is 0. The van der Waals surface area contributed by atoms with E-state index in [1.807, 2.05) is 28.8 Å². The van der Waals surface area contributed by atoms with E-state index in [9.17, 15) is 24.0 Å². The van der Waals surface area contributed by atoms with Crippen LogP contribution in [-0.2, 0) is 38.7 Å². The first-order valence-electron chi connectivity index (χ1n) is 22.2. The second kappa shape index (κ2) is 17.6. The molecule has 19 heteroatoms. The Kier molecular flexibility index (Phi) is 11.5. The number of nitrogens with zero attached hydrogens (tertiary/aromatic N) is 7. The minimum atomic E-state index is -1.72. The number of piperazine rings is 1. The van der Waals surface area contributed by atoms with E-state index < -0.39 is 47.1 Å². The van der Waals surface area contributed by atoms with E-state index in [-0.39, 0.29) is 68.3 Å². The lowest BCUT2D eigenvalue weighted by Gasteiger charge is -2.40. The number of carbonyl (C=O) groups is 5. The number of nitrogens with one attached hydrogen (secondary N) is 3. The van der Waals surface area contributed by atoms with E-state index in [1.54, 1.807) is 45.9 Å². The fourth-order valence-corrected chi connectivity index (χ4v) is 10.4. The first-order valence-corrected chi connectivity index (χ1v) is 23.1. The maximum Gasteiger partial charge on any atom is 0.255 e. The number of hydrogen-bond donors (Lipinski definition) is 3. The van der Waals surface area contributed by atoms with Crippen molar-refractivity contribution >= 4 is 63.1 Å². The Hall–Kier alpha value is -6.76. The molecule has 0 saturated carbocycles. The van der Waals surface area contributed by atoms with Gasteiger partial charge in [0.2, 0.25) is 17.7 Å². The Morgan fingerprint density at radius 1 is 0.879 bits per heavy atom. The van der Waals surface area contributed by atoms with Crippen molar-refractivity contribution in [2.75, 3.05) is 59.7 Å². The lowest BCUT2D eigenvalue weighted by Crippen LogP contribution is -2.51. The van der Waals surface area contributed by atoms with E-state index >= 15 is 13.2 Å². The topological polar surface area (TPSA) is 165 Å². The standard InChI is InChI=1S/C47H47F3N10O5S/c48-34-23-29(22-32-33(34)26-60(45(32)65)42(44(64)55-46-51-13-21-66-46)41-38-2-1-14-59(38)27-52-41)28-3-6-31(7-4-28)56-17-19-58(20-18-56)40(62)25-47(50)11-15-57(16-12-47)37-9-5-30(24-35(37)49)53-36-8-10-39(61)54-43(36)63/h3-7,9,13,21-24,27,36,42,53H,1-2,8,10-12,14-20,25-26H2,(H,51,55,64)(H,54,61,63). The van der Waals surface area contributed by atoms with Crippen LogP contribution in [0.2, 0.25) is 0 Å². The molecule has 2 unspecified atom stereocenters. The van der Waals surface area contributed by atoms with Crippen molar-refractivity contribution in [2.24, 2.45) is 0 Å². The highest BCUT2D eigenvalue weighted by atomic mass is 32.1. The van der Waals surface area contributed by atoms with Crippen molar-refractivity contribution in [3.05, 3.63) is 107 Å². The third-order valence-electron chi connectivity index (χ3n) is 13.5. The number of carbonyl (C=O) groups excluding carboxylic acids is 5. The zero-order chi connectivity index (χ0) is 45.7. The minimum absolute atomic E-state index is 0.0694. The number of fused-ring (bicyclic) bond motifs is 2. The third-order valence-corrected chi connectivity index (χ3v) is 14.2. The number of imidazole rings is 1. The number of benzene rings is 3. The molecule has 3 N–H and O–H groups in total. The number of anilines is 4. The van der Waals surface area contributed by atoms with Gasteiger partial charge in [0.25, 0.3) is 11.8 Å². The summed E-state index contributed by atoms with van der Waals surface area (Å²) in [6, 6.07) is 13.5. The number of rotatable bonds is 11. The molecule has 0 aliphatic carbocycles. The van der Waals surface area contributed by atoms with Gasteiger partial charge in [0.1, 0.15) is 23.3 Å². The predicted octanol–water partition coefficient (Wildman–Crippen LogP) is 5.83. The van der Waals surface area contributed by atoms with Gasteiger partial charge in [-0.1, -0.05) is 12.1 Å². The van der Waals surface area contributed by atoms with Crippen LogP contribution in [0.4, 0.5) is 35.4 Å². The molecule has 342 valence electrons.